The molecule has 0 aromatic carbocycles. The molecule has 26 heavy (non-hydrogen) atoms. The molecule has 2 rings (SSSR count). The highest BCUT2D eigenvalue weighted by Crippen LogP contribution is 2.17. The van der Waals surface area contributed by atoms with Crippen LogP contribution >= 0.6 is 0 Å². The molecule has 0 saturated carbocycles. The van der Waals surface area contributed by atoms with Crippen LogP contribution in [0.25, 0.3) is 0 Å². The van der Waals surface area contributed by atoms with Gasteiger partial charge in [-0.15, -0.1) is 0 Å². The molecule has 8 nitrogen and oxygen atoms in total. The molecular formula is C17H26N4O4S. The molecule has 1 amide bonds. The summed E-state index contributed by atoms with van der Waals surface area (Å²) in [5.41, 5.74) is 5.84. The van der Waals surface area contributed by atoms with Gasteiger partial charge < -0.3 is 11.1 Å². The predicted octanol–water partition coefficient (Wildman–Crippen LogP) is 0.438. The number of unbranched alkanes of at least 4 members (excludes halogenated alkanes) is 1. The van der Waals surface area contributed by atoms with Gasteiger partial charge in [0, 0.05) is 12.7 Å². The molecule has 1 aromatic heterocycles. The largest absolute Gasteiger partial charge is 0.345 e. The Labute approximate surface area is 154 Å². The van der Waals surface area contributed by atoms with E-state index in [9.17, 15) is 18.0 Å². The minimum atomic E-state index is -3.83. The first-order valence-electron chi connectivity index (χ1n) is 8.86. The summed E-state index contributed by atoms with van der Waals surface area (Å²) in [5.74, 6) is -0.698. The van der Waals surface area contributed by atoms with Crippen molar-refractivity contribution in [3.8, 4) is 0 Å². The quantitative estimate of drug-likeness (QED) is 0.705. The zero-order valence-corrected chi connectivity index (χ0v) is 15.7. The van der Waals surface area contributed by atoms with E-state index in [1.165, 1.54) is 12.3 Å². The Hall–Kier alpha value is -1.84. The summed E-state index contributed by atoms with van der Waals surface area (Å²) in [4.78, 5) is 28.5. The van der Waals surface area contributed by atoms with Crippen molar-refractivity contribution in [2.75, 3.05) is 13.1 Å². The maximum absolute atomic E-state index is 12.6. The van der Waals surface area contributed by atoms with Crippen LogP contribution in [0.15, 0.2) is 29.4 Å². The summed E-state index contributed by atoms with van der Waals surface area (Å²) in [7, 11) is -3.83. The number of aromatic nitrogens is 1. The second-order valence-electron chi connectivity index (χ2n) is 6.43. The number of nitrogens with one attached hydrogen (secondary N) is 1. The third-order valence-corrected chi connectivity index (χ3v) is 6.15. The number of ketones is 1. The highest BCUT2D eigenvalue weighted by Gasteiger charge is 2.33. The van der Waals surface area contributed by atoms with Crippen LogP contribution in [0.1, 0.15) is 39.0 Å². The van der Waals surface area contributed by atoms with E-state index in [0.717, 1.165) is 17.1 Å². The van der Waals surface area contributed by atoms with Crippen LogP contribution in [0.4, 0.5) is 0 Å². The number of carbonyl (C=O) groups excluding carboxylic acids is 2. The van der Waals surface area contributed by atoms with Gasteiger partial charge in [-0.3, -0.25) is 9.59 Å². The van der Waals surface area contributed by atoms with Crippen LogP contribution in [0.5, 0.6) is 0 Å². The molecule has 2 atom stereocenters. The Bertz CT molecular complexity index is 724. The Kier molecular flexibility index (Phi) is 7.24. The van der Waals surface area contributed by atoms with Crippen LogP contribution in [0, 0.1) is 0 Å². The summed E-state index contributed by atoms with van der Waals surface area (Å²) in [6, 6.07) is 3.25. The highest BCUT2D eigenvalue weighted by molar-refractivity contribution is 7.89. The lowest BCUT2D eigenvalue weighted by Gasteiger charge is -2.20. The lowest BCUT2D eigenvalue weighted by Crippen LogP contribution is -2.49. The minimum absolute atomic E-state index is 0.0862. The number of nitrogens with zero attached hydrogens (tertiary/aromatic N) is 2. The standard InChI is InChI=1S/C17H26N4O4S/c1-2-3-7-13(18)17(23)20-14-8-6-11-21(12-15(14)22)26(24,25)16-9-4-5-10-19-16/h4-5,9-10,13-14H,2-3,6-8,11-12,18H2,1H3,(H,20,23)/t13-,14?/m0/s1. The number of Topliss-reactive ketones (excluding diaryl/α,β-unsaturated/α-hetero) is 1. The number of rotatable bonds is 7. The maximum atomic E-state index is 12.6. The lowest BCUT2D eigenvalue weighted by atomic mass is 10.1. The summed E-state index contributed by atoms with van der Waals surface area (Å²) < 4.78 is 26.4. The van der Waals surface area contributed by atoms with Crippen LogP contribution < -0.4 is 11.1 Å². The average molecular weight is 382 g/mol. The van der Waals surface area contributed by atoms with E-state index >= 15 is 0 Å². The predicted molar refractivity (Wildman–Crippen MR) is 96.7 cm³/mol. The fourth-order valence-corrected chi connectivity index (χ4v) is 4.20. The van der Waals surface area contributed by atoms with Gasteiger partial charge in [-0.1, -0.05) is 25.8 Å². The number of hydrogen-bond donors (Lipinski definition) is 2. The molecule has 1 saturated heterocycles. The van der Waals surface area contributed by atoms with Crippen molar-refractivity contribution in [3.63, 3.8) is 0 Å². The van der Waals surface area contributed by atoms with E-state index in [0.29, 0.717) is 19.3 Å². The van der Waals surface area contributed by atoms with Crippen molar-refractivity contribution < 1.29 is 18.0 Å². The SMILES string of the molecule is CCCC[C@H](N)C(=O)NC1CCCN(S(=O)(=O)c2ccccn2)CC1=O. The molecule has 1 unspecified atom stereocenters. The molecule has 144 valence electrons. The Morgan fingerprint density at radius 2 is 2.23 bits per heavy atom. The zero-order valence-electron chi connectivity index (χ0n) is 14.9. The number of hydrogen-bond acceptors (Lipinski definition) is 6. The summed E-state index contributed by atoms with van der Waals surface area (Å²) >= 11 is 0. The Morgan fingerprint density at radius 3 is 2.88 bits per heavy atom. The highest BCUT2D eigenvalue weighted by atomic mass is 32.2. The molecule has 0 spiro atoms. The molecule has 0 aliphatic carbocycles. The Morgan fingerprint density at radius 1 is 1.46 bits per heavy atom. The number of nitrogens with two attached hydrogens (primary N) is 1. The fraction of sp³-hybridized carbons (Fsp3) is 0.588. The molecule has 1 fully saturated rings. The van der Waals surface area contributed by atoms with Gasteiger partial charge in [0.15, 0.2) is 10.8 Å². The van der Waals surface area contributed by atoms with Crippen molar-refractivity contribution in [3.05, 3.63) is 24.4 Å². The molecule has 2 heterocycles. The topological polar surface area (TPSA) is 122 Å². The number of sulfonamides is 1. The minimum Gasteiger partial charge on any atom is -0.345 e. The van der Waals surface area contributed by atoms with Crippen LogP contribution in [-0.2, 0) is 19.6 Å². The zero-order chi connectivity index (χ0) is 19.2. The van der Waals surface area contributed by atoms with E-state index in [-0.39, 0.29) is 29.8 Å². The lowest BCUT2D eigenvalue weighted by molar-refractivity contribution is -0.128. The average Bonchev–Trinajstić information content (AvgIpc) is 2.82. The van der Waals surface area contributed by atoms with Crippen molar-refractivity contribution in [1.82, 2.24) is 14.6 Å². The maximum Gasteiger partial charge on any atom is 0.260 e. The third-order valence-electron chi connectivity index (χ3n) is 4.39. The van der Waals surface area contributed by atoms with Gasteiger partial charge in [0.2, 0.25) is 5.91 Å². The first kappa shape index (κ1) is 20.5. The van der Waals surface area contributed by atoms with E-state index in [2.05, 4.69) is 10.3 Å². The summed E-state index contributed by atoms with van der Waals surface area (Å²) in [5, 5.41) is 2.59. The van der Waals surface area contributed by atoms with Crippen LogP contribution in [-0.4, -0.2) is 54.6 Å². The van der Waals surface area contributed by atoms with E-state index in [1.807, 2.05) is 6.92 Å². The van der Waals surface area contributed by atoms with Gasteiger partial charge in [0.05, 0.1) is 18.6 Å². The number of carbonyl (C=O) groups is 2. The number of amides is 1. The normalized spacial score (nSPS) is 20.4. The van der Waals surface area contributed by atoms with Crippen molar-refractivity contribution in [1.29, 1.82) is 0 Å². The second-order valence-corrected chi connectivity index (χ2v) is 8.31. The van der Waals surface area contributed by atoms with Gasteiger partial charge in [-0.05, 0) is 31.4 Å². The first-order chi connectivity index (χ1) is 12.4. The third kappa shape index (κ3) is 5.09. The van der Waals surface area contributed by atoms with Crippen molar-refractivity contribution >= 4 is 21.7 Å². The summed E-state index contributed by atoms with van der Waals surface area (Å²) in [6.07, 6.45) is 4.58. The van der Waals surface area contributed by atoms with E-state index < -0.39 is 22.1 Å². The van der Waals surface area contributed by atoms with Crippen molar-refractivity contribution in [2.24, 2.45) is 5.73 Å². The molecule has 1 aromatic rings. The van der Waals surface area contributed by atoms with Crippen LogP contribution in [0.3, 0.4) is 0 Å². The molecule has 0 bridgehead atoms. The smallest absolute Gasteiger partial charge is 0.260 e. The molecule has 9 heteroatoms. The molecule has 1 aliphatic rings. The monoisotopic (exact) mass is 382 g/mol. The van der Waals surface area contributed by atoms with Gasteiger partial charge in [0.25, 0.3) is 10.0 Å². The second kappa shape index (κ2) is 9.20. The fourth-order valence-electron chi connectivity index (χ4n) is 2.82. The van der Waals surface area contributed by atoms with E-state index in [4.69, 9.17) is 5.73 Å². The van der Waals surface area contributed by atoms with Gasteiger partial charge >= 0.3 is 0 Å². The molecule has 0 radical (unpaired) electrons. The van der Waals surface area contributed by atoms with Gasteiger partial charge in [-0.25, -0.2) is 13.4 Å². The molecular weight excluding hydrogens is 356 g/mol. The summed E-state index contributed by atoms with van der Waals surface area (Å²) in [6.45, 7) is 1.93. The molecule has 3 N–H and O–H groups in total. The Balaban J connectivity index is 2.03. The van der Waals surface area contributed by atoms with Crippen molar-refractivity contribution in [2.45, 2.75) is 56.1 Å². The van der Waals surface area contributed by atoms with Gasteiger partial charge in [-0.2, -0.15) is 4.31 Å². The van der Waals surface area contributed by atoms with Crippen LogP contribution in [0.2, 0.25) is 0 Å². The molecule has 1 aliphatic heterocycles. The van der Waals surface area contributed by atoms with Gasteiger partial charge in [0.1, 0.15) is 0 Å². The van der Waals surface area contributed by atoms with E-state index in [1.54, 1.807) is 12.1 Å². The first-order valence-corrected chi connectivity index (χ1v) is 10.3. The number of pyridine rings is 1.